The predicted molar refractivity (Wildman–Crippen MR) is 114 cm³/mol. The van der Waals surface area contributed by atoms with Crippen molar-refractivity contribution >= 4 is 35.2 Å². The normalized spacial score (nSPS) is 10.5. The molecule has 0 atom stereocenters. The number of nitrogens with zero attached hydrogens (tertiary/aromatic N) is 3. The number of amides is 2. The van der Waals surface area contributed by atoms with Crippen LogP contribution in [0.2, 0.25) is 5.02 Å². The Balaban J connectivity index is 1.42. The molecule has 0 aliphatic carbocycles. The van der Waals surface area contributed by atoms with Gasteiger partial charge in [0.15, 0.2) is 11.8 Å². The first-order valence-electron chi connectivity index (χ1n) is 9.04. The largest absolute Gasteiger partial charge is 0.484 e. The highest BCUT2D eigenvalue weighted by molar-refractivity contribution is 7.99. The quantitative estimate of drug-likeness (QED) is 0.408. The van der Waals surface area contributed by atoms with Gasteiger partial charge in [-0.2, -0.15) is 0 Å². The summed E-state index contributed by atoms with van der Waals surface area (Å²) in [6.45, 7) is 2.24. The van der Waals surface area contributed by atoms with E-state index in [1.54, 1.807) is 24.3 Å². The first kappa shape index (κ1) is 21.7. The molecule has 0 unspecified atom stereocenters. The van der Waals surface area contributed by atoms with E-state index in [0.717, 1.165) is 11.4 Å². The Kier molecular flexibility index (Phi) is 7.69. The smallest absolute Gasteiger partial charge is 0.276 e. The van der Waals surface area contributed by atoms with Crippen LogP contribution in [0, 0.1) is 6.92 Å². The molecule has 156 valence electrons. The molecule has 3 aromatic rings. The average Bonchev–Trinajstić information content (AvgIpc) is 3.10. The fraction of sp³-hybridized carbons (Fsp3) is 0.200. The molecule has 0 aliphatic heterocycles. The van der Waals surface area contributed by atoms with Gasteiger partial charge in [-0.05, 0) is 36.8 Å². The Morgan fingerprint density at radius 3 is 2.47 bits per heavy atom. The molecular formula is C20H20ClN5O3S. The number of nitrogens with one attached hydrogen (secondary N) is 2. The maximum absolute atomic E-state index is 12.0. The molecule has 3 rings (SSSR count). The number of thioether (sulfide) groups is 1. The summed E-state index contributed by atoms with van der Waals surface area (Å²) in [4.78, 5) is 23.9. The molecule has 0 radical (unpaired) electrons. The highest BCUT2D eigenvalue weighted by Crippen LogP contribution is 2.18. The molecular weight excluding hydrogens is 426 g/mol. The van der Waals surface area contributed by atoms with Crippen molar-refractivity contribution in [2.45, 2.75) is 18.6 Å². The SMILES string of the molecule is Cc1nnc(SCC(=O)NNC(=O)COc2ccc(Cl)cc2)n1Cc1ccccc1. The number of carbonyl (C=O) groups excluding carboxylic acids is 2. The average molecular weight is 446 g/mol. The minimum Gasteiger partial charge on any atom is -0.484 e. The first-order valence-corrected chi connectivity index (χ1v) is 10.4. The lowest BCUT2D eigenvalue weighted by atomic mass is 10.2. The summed E-state index contributed by atoms with van der Waals surface area (Å²) in [5.74, 6) is 0.489. The number of aromatic nitrogens is 3. The van der Waals surface area contributed by atoms with Gasteiger partial charge in [0.05, 0.1) is 12.3 Å². The molecule has 2 N–H and O–H groups in total. The van der Waals surface area contributed by atoms with Gasteiger partial charge >= 0.3 is 0 Å². The van der Waals surface area contributed by atoms with E-state index in [2.05, 4.69) is 21.0 Å². The molecule has 8 nitrogen and oxygen atoms in total. The number of hydrazine groups is 1. The lowest BCUT2D eigenvalue weighted by molar-refractivity contribution is -0.128. The molecule has 0 bridgehead atoms. The second kappa shape index (κ2) is 10.7. The van der Waals surface area contributed by atoms with Crippen LogP contribution >= 0.6 is 23.4 Å². The zero-order valence-corrected chi connectivity index (χ0v) is 17.7. The molecule has 0 aliphatic rings. The number of hydrogen-bond acceptors (Lipinski definition) is 6. The van der Waals surface area contributed by atoms with Crippen molar-refractivity contribution < 1.29 is 14.3 Å². The highest BCUT2D eigenvalue weighted by Gasteiger charge is 2.13. The number of ether oxygens (including phenoxy) is 1. The number of hydrogen-bond donors (Lipinski definition) is 2. The van der Waals surface area contributed by atoms with Crippen LogP contribution < -0.4 is 15.6 Å². The lowest BCUT2D eigenvalue weighted by Gasteiger charge is -2.10. The van der Waals surface area contributed by atoms with Crippen LogP contribution in [0.1, 0.15) is 11.4 Å². The number of carbonyl (C=O) groups is 2. The van der Waals surface area contributed by atoms with Crippen molar-refractivity contribution in [3.8, 4) is 5.75 Å². The summed E-state index contributed by atoms with van der Waals surface area (Å²) in [7, 11) is 0. The van der Waals surface area contributed by atoms with Gasteiger partial charge in [0.25, 0.3) is 5.91 Å². The van der Waals surface area contributed by atoms with Gasteiger partial charge in [-0.3, -0.25) is 20.4 Å². The topological polar surface area (TPSA) is 98.1 Å². The Bertz CT molecular complexity index is 995. The summed E-state index contributed by atoms with van der Waals surface area (Å²) in [5.41, 5.74) is 5.78. The number of aryl methyl sites for hydroxylation is 1. The third kappa shape index (κ3) is 6.50. The Labute approximate surface area is 182 Å². The van der Waals surface area contributed by atoms with Crippen molar-refractivity contribution in [1.29, 1.82) is 0 Å². The van der Waals surface area contributed by atoms with E-state index in [9.17, 15) is 9.59 Å². The summed E-state index contributed by atoms with van der Waals surface area (Å²) in [6.07, 6.45) is 0. The zero-order chi connectivity index (χ0) is 21.3. The maximum Gasteiger partial charge on any atom is 0.276 e. The lowest BCUT2D eigenvalue weighted by Crippen LogP contribution is -2.44. The van der Waals surface area contributed by atoms with Crippen molar-refractivity contribution in [3.63, 3.8) is 0 Å². The third-order valence-electron chi connectivity index (χ3n) is 3.94. The molecule has 0 saturated heterocycles. The molecule has 0 fully saturated rings. The van der Waals surface area contributed by atoms with Gasteiger partial charge in [-0.1, -0.05) is 53.7 Å². The van der Waals surface area contributed by atoms with Crippen molar-refractivity contribution in [2.75, 3.05) is 12.4 Å². The van der Waals surface area contributed by atoms with E-state index < -0.39 is 5.91 Å². The van der Waals surface area contributed by atoms with E-state index >= 15 is 0 Å². The van der Waals surface area contributed by atoms with Crippen LogP contribution in [0.3, 0.4) is 0 Å². The van der Waals surface area contributed by atoms with Crippen molar-refractivity contribution in [3.05, 3.63) is 71.0 Å². The predicted octanol–water partition coefficient (Wildman–Crippen LogP) is 2.61. The standard InChI is InChI=1S/C20H20ClN5O3S/c1-14-22-25-20(26(14)11-15-5-3-2-4-6-15)30-13-19(28)24-23-18(27)12-29-17-9-7-16(21)8-10-17/h2-10H,11-13H2,1H3,(H,23,27)(H,24,28). The minimum atomic E-state index is -0.480. The maximum atomic E-state index is 12.0. The zero-order valence-electron chi connectivity index (χ0n) is 16.2. The van der Waals surface area contributed by atoms with Crippen LogP contribution in [-0.2, 0) is 16.1 Å². The van der Waals surface area contributed by atoms with E-state index in [-0.39, 0.29) is 18.3 Å². The molecule has 2 aromatic carbocycles. The fourth-order valence-electron chi connectivity index (χ4n) is 2.44. The fourth-order valence-corrected chi connectivity index (χ4v) is 3.35. The van der Waals surface area contributed by atoms with Crippen LogP contribution in [0.5, 0.6) is 5.75 Å². The summed E-state index contributed by atoms with van der Waals surface area (Å²) in [6, 6.07) is 16.5. The molecule has 1 aromatic heterocycles. The molecule has 30 heavy (non-hydrogen) atoms. The monoisotopic (exact) mass is 445 g/mol. The van der Waals surface area contributed by atoms with Gasteiger partial charge in [0, 0.05) is 5.02 Å². The first-order chi connectivity index (χ1) is 14.5. The van der Waals surface area contributed by atoms with E-state index in [0.29, 0.717) is 22.5 Å². The van der Waals surface area contributed by atoms with Crippen molar-refractivity contribution in [2.24, 2.45) is 0 Å². The van der Waals surface area contributed by atoms with Crippen LogP contribution in [-0.4, -0.2) is 38.9 Å². The molecule has 0 saturated carbocycles. The highest BCUT2D eigenvalue weighted by atomic mass is 35.5. The summed E-state index contributed by atoms with van der Waals surface area (Å²) < 4.78 is 7.25. The molecule has 1 heterocycles. The molecule has 2 amide bonds. The second-order valence-electron chi connectivity index (χ2n) is 6.23. The van der Waals surface area contributed by atoms with Gasteiger partial charge in [0.2, 0.25) is 5.91 Å². The van der Waals surface area contributed by atoms with Gasteiger partial charge in [0.1, 0.15) is 11.6 Å². The van der Waals surface area contributed by atoms with E-state index in [4.69, 9.17) is 16.3 Å². The Morgan fingerprint density at radius 2 is 1.73 bits per heavy atom. The summed E-state index contributed by atoms with van der Waals surface area (Å²) in [5, 5.41) is 9.42. The van der Waals surface area contributed by atoms with Crippen LogP contribution in [0.25, 0.3) is 0 Å². The second-order valence-corrected chi connectivity index (χ2v) is 7.61. The Morgan fingerprint density at radius 1 is 1.03 bits per heavy atom. The van der Waals surface area contributed by atoms with Crippen LogP contribution in [0.15, 0.2) is 59.8 Å². The number of benzene rings is 2. The van der Waals surface area contributed by atoms with E-state index in [1.165, 1.54) is 11.8 Å². The third-order valence-corrected chi connectivity index (χ3v) is 5.16. The van der Waals surface area contributed by atoms with Crippen LogP contribution in [0.4, 0.5) is 0 Å². The molecule has 10 heteroatoms. The van der Waals surface area contributed by atoms with Crippen molar-refractivity contribution in [1.82, 2.24) is 25.6 Å². The van der Waals surface area contributed by atoms with Gasteiger partial charge < -0.3 is 9.30 Å². The van der Waals surface area contributed by atoms with Gasteiger partial charge in [-0.25, -0.2) is 0 Å². The molecule has 0 spiro atoms. The van der Waals surface area contributed by atoms with E-state index in [1.807, 2.05) is 41.8 Å². The van der Waals surface area contributed by atoms with Gasteiger partial charge in [-0.15, -0.1) is 10.2 Å². The minimum absolute atomic E-state index is 0.0746. The summed E-state index contributed by atoms with van der Waals surface area (Å²) >= 11 is 7.03. The number of halogens is 1. The number of rotatable bonds is 8. The Hall–Kier alpha value is -3.04.